The minimum absolute atomic E-state index is 0.00206. The van der Waals surface area contributed by atoms with Crippen molar-refractivity contribution in [2.24, 2.45) is 0 Å². The van der Waals surface area contributed by atoms with Gasteiger partial charge < -0.3 is 14.7 Å². The van der Waals surface area contributed by atoms with E-state index in [-0.39, 0.29) is 12.0 Å². The zero-order valence-corrected chi connectivity index (χ0v) is 10.4. The number of hydrogen-bond acceptors (Lipinski definition) is 3. The van der Waals surface area contributed by atoms with Gasteiger partial charge in [-0.1, -0.05) is 0 Å². The molecule has 0 fully saturated rings. The van der Waals surface area contributed by atoms with E-state index in [2.05, 4.69) is 0 Å². The molecule has 0 unspecified atom stereocenters. The Morgan fingerprint density at radius 2 is 2.00 bits per heavy atom. The SMILES string of the molecule is CC(C)OCCC(=O)N(C)CC(C)(C)O. The Balaban J connectivity index is 3.80. The maximum atomic E-state index is 11.5. The molecule has 0 aliphatic rings. The van der Waals surface area contributed by atoms with Crippen LogP contribution in [-0.2, 0) is 9.53 Å². The molecule has 0 saturated carbocycles. The summed E-state index contributed by atoms with van der Waals surface area (Å²) in [5, 5.41) is 9.53. The Labute approximate surface area is 92.2 Å². The number of likely N-dealkylation sites (N-methyl/N-ethyl adjacent to an activating group) is 1. The van der Waals surface area contributed by atoms with Crippen molar-refractivity contribution in [3.05, 3.63) is 0 Å². The standard InChI is InChI=1S/C11H23NO3/c1-9(2)15-7-6-10(13)12(5)8-11(3,4)14/h9,14H,6-8H2,1-5H3. The van der Waals surface area contributed by atoms with Gasteiger partial charge in [-0.2, -0.15) is 0 Å². The fourth-order valence-electron chi connectivity index (χ4n) is 1.24. The zero-order valence-electron chi connectivity index (χ0n) is 10.4. The monoisotopic (exact) mass is 217 g/mol. The third-order valence-electron chi connectivity index (χ3n) is 1.82. The first-order chi connectivity index (χ1) is 6.72. The first-order valence-corrected chi connectivity index (χ1v) is 5.30. The average Bonchev–Trinajstić information content (AvgIpc) is 1.99. The Morgan fingerprint density at radius 3 is 2.40 bits per heavy atom. The van der Waals surface area contributed by atoms with Crippen LogP contribution in [0.4, 0.5) is 0 Å². The molecule has 0 aromatic carbocycles. The van der Waals surface area contributed by atoms with E-state index in [1.807, 2.05) is 13.8 Å². The molecule has 0 atom stereocenters. The maximum absolute atomic E-state index is 11.5. The molecular weight excluding hydrogens is 194 g/mol. The molecule has 0 aliphatic carbocycles. The van der Waals surface area contributed by atoms with Crippen molar-refractivity contribution in [3.8, 4) is 0 Å². The Bertz CT molecular complexity index is 196. The van der Waals surface area contributed by atoms with E-state index in [1.165, 1.54) is 4.90 Å². The second-order valence-electron chi connectivity index (χ2n) is 4.73. The van der Waals surface area contributed by atoms with Gasteiger partial charge in [-0.15, -0.1) is 0 Å². The zero-order chi connectivity index (χ0) is 12.1. The molecule has 0 aromatic rings. The normalized spacial score (nSPS) is 11.9. The molecule has 0 saturated heterocycles. The van der Waals surface area contributed by atoms with Crippen LogP contribution in [0.1, 0.15) is 34.1 Å². The number of nitrogens with zero attached hydrogens (tertiary/aromatic N) is 1. The van der Waals surface area contributed by atoms with E-state index in [1.54, 1.807) is 20.9 Å². The van der Waals surface area contributed by atoms with Crippen molar-refractivity contribution in [1.82, 2.24) is 4.90 Å². The van der Waals surface area contributed by atoms with E-state index in [4.69, 9.17) is 4.74 Å². The quantitative estimate of drug-likeness (QED) is 0.723. The predicted molar refractivity (Wildman–Crippen MR) is 59.6 cm³/mol. The van der Waals surface area contributed by atoms with E-state index in [0.717, 1.165) is 0 Å². The summed E-state index contributed by atoms with van der Waals surface area (Å²) in [6, 6.07) is 0. The van der Waals surface area contributed by atoms with Gasteiger partial charge in [-0.05, 0) is 27.7 Å². The second kappa shape index (κ2) is 6.08. The van der Waals surface area contributed by atoms with Crippen LogP contribution < -0.4 is 0 Å². The highest BCUT2D eigenvalue weighted by Gasteiger charge is 2.18. The van der Waals surface area contributed by atoms with Gasteiger partial charge in [0, 0.05) is 13.6 Å². The van der Waals surface area contributed by atoms with Crippen molar-refractivity contribution >= 4 is 5.91 Å². The van der Waals surface area contributed by atoms with Crippen LogP contribution in [0.15, 0.2) is 0 Å². The van der Waals surface area contributed by atoms with Gasteiger partial charge in [-0.3, -0.25) is 4.79 Å². The third-order valence-corrected chi connectivity index (χ3v) is 1.82. The fourth-order valence-corrected chi connectivity index (χ4v) is 1.24. The molecule has 0 rings (SSSR count). The summed E-state index contributed by atoms with van der Waals surface area (Å²) < 4.78 is 5.28. The molecule has 0 aromatic heterocycles. The molecule has 0 bridgehead atoms. The van der Waals surface area contributed by atoms with Gasteiger partial charge in [0.15, 0.2) is 0 Å². The molecule has 4 nitrogen and oxygen atoms in total. The Morgan fingerprint density at radius 1 is 1.47 bits per heavy atom. The van der Waals surface area contributed by atoms with Crippen LogP contribution in [0.3, 0.4) is 0 Å². The molecule has 0 aliphatic heterocycles. The number of hydrogen-bond donors (Lipinski definition) is 1. The van der Waals surface area contributed by atoms with E-state index >= 15 is 0 Å². The molecule has 1 amide bonds. The van der Waals surface area contributed by atoms with Gasteiger partial charge in [-0.25, -0.2) is 0 Å². The van der Waals surface area contributed by atoms with Crippen LogP contribution in [0.5, 0.6) is 0 Å². The van der Waals surface area contributed by atoms with Crippen LogP contribution in [-0.4, -0.2) is 47.8 Å². The number of aliphatic hydroxyl groups is 1. The molecule has 0 spiro atoms. The highest BCUT2D eigenvalue weighted by molar-refractivity contribution is 5.76. The molecule has 0 heterocycles. The summed E-state index contributed by atoms with van der Waals surface area (Å²) in [4.78, 5) is 13.1. The third kappa shape index (κ3) is 8.39. The topological polar surface area (TPSA) is 49.8 Å². The minimum Gasteiger partial charge on any atom is -0.389 e. The minimum atomic E-state index is -0.844. The lowest BCUT2D eigenvalue weighted by molar-refractivity contribution is -0.134. The summed E-state index contributed by atoms with van der Waals surface area (Å²) in [5.74, 6) is -0.00206. The van der Waals surface area contributed by atoms with Crippen molar-refractivity contribution < 1.29 is 14.6 Å². The summed E-state index contributed by atoms with van der Waals surface area (Å²) in [6.45, 7) is 8.01. The summed E-state index contributed by atoms with van der Waals surface area (Å²) in [7, 11) is 1.69. The summed E-state index contributed by atoms with van der Waals surface area (Å²) in [6.07, 6.45) is 0.516. The summed E-state index contributed by atoms with van der Waals surface area (Å²) in [5.41, 5.74) is -0.844. The molecule has 0 radical (unpaired) electrons. The number of amides is 1. The average molecular weight is 217 g/mol. The largest absolute Gasteiger partial charge is 0.389 e. The summed E-state index contributed by atoms with van der Waals surface area (Å²) >= 11 is 0. The Hall–Kier alpha value is -0.610. The number of rotatable bonds is 6. The van der Waals surface area contributed by atoms with Crippen LogP contribution >= 0.6 is 0 Å². The molecule has 4 heteroatoms. The number of carbonyl (C=O) groups excluding carboxylic acids is 1. The maximum Gasteiger partial charge on any atom is 0.224 e. The van der Waals surface area contributed by atoms with Crippen LogP contribution in [0.2, 0.25) is 0 Å². The van der Waals surface area contributed by atoms with Crippen molar-refractivity contribution in [1.29, 1.82) is 0 Å². The molecule has 1 N–H and O–H groups in total. The van der Waals surface area contributed by atoms with E-state index in [0.29, 0.717) is 19.6 Å². The highest BCUT2D eigenvalue weighted by Crippen LogP contribution is 2.04. The van der Waals surface area contributed by atoms with Gasteiger partial charge in [0.2, 0.25) is 5.91 Å². The number of carbonyl (C=O) groups is 1. The molecule has 15 heavy (non-hydrogen) atoms. The second-order valence-corrected chi connectivity index (χ2v) is 4.73. The van der Waals surface area contributed by atoms with E-state index < -0.39 is 5.60 Å². The lowest BCUT2D eigenvalue weighted by Gasteiger charge is -2.25. The number of ether oxygens (including phenoxy) is 1. The van der Waals surface area contributed by atoms with Crippen molar-refractivity contribution in [3.63, 3.8) is 0 Å². The first kappa shape index (κ1) is 14.4. The van der Waals surface area contributed by atoms with Crippen molar-refractivity contribution in [2.75, 3.05) is 20.2 Å². The fraction of sp³-hybridized carbons (Fsp3) is 0.909. The van der Waals surface area contributed by atoms with Gasteiger partial charge in [0.05, 0.1) is 24.7 Å². The van der Waals surface area contributed by atoms with Crippen molar-refractivity contribution in [2.45, 2.75) is 45.8 Å². The van der Waals surface area contributed by atoms with Gasteiger partial charge in [0.25, 0.3) is 0 Å². The smallest absolute Gasteiger partial charge is 0.224 e. The van der Waals surface area contributed by atoms with Gasteiger partial charge in [0.1, 0.15) is 0 Å². The predicted octanol–water partition coefficient (Wildman–Crippen LogP) is 1.03. The molecular formula is C11H23NO3. The Kier molecular flexibility index (Phi) is 5.83. The highest BCUT2D eigenvalue weighted by atomic mass is 16.5. The molecule has 90 valence electrons. The van der Waals surface area contributed by atoms with Crippen LogP contribution in [0, 0.1) is 0 Å². The van der Waals surface area contributed by atoms with Crippen LogP contribution in [0.25, 0.3) is 0 Å². The lowest BCUT2D eigenvalue weighted by atomic mass is 10.1. The van der Waals surface area contributed by atoms with Gasteiger partial charge >= 0.3 is 0 Å². The lowest BCUT2D eigenvalue weighted by Crippen LogP contribution is -2.40. The first-order valence-electron chi connectivity index (χ1n) is 5.30. The van der Waals surface area contributed by atoms with E-state index in [9.17, 15) is 9.90 Å².